The summed E-state index contributed by atoms with van der Waals surface area (Å²) in [5.74, 6) is 1.78. The summed E-state index contributed by atoms with van der Waals surface area (Å²) >= 11 is 0. The van der Waals surface area contributed by atoms with Crippen molar-refractivity contribution in [1.29, 1.82) is 0 Å². The number of hydrogen-bond donors (Lipinski definition) is 0. The Hall–Kier alpha value is -8.61. The topological polar surface area (TPSA) is 61.7 Å². The summed E-state index contributed by atoms with van der Waals surface area (Å²) < 4.78 is 12.1. The van der Waals surface area contributed by atoms with Gasteiger partial charge in [-0.1, -0.05) is 164 Å². The summed E-state index contributed by atoms with van der Waals surface area (Å²) in [4.78, 5) is 15.3. The number of allylic oxidation sites excluding steroid dienone is 5. The number of aromatic nitrogens is 5. The van der Waals surface area contributed by atoms with E-state index in [2.05, 4.69) is 161 Å². The summed E-state index contributed by atoms with van der Waals surface area (Å²) in [5.41, 5.74) is 12.9. The van der Waals surface area contributed by atoms with Gasteiger partial charge in [-0.3, -0.25) is 0 Å². The molecule has 0 bridgehead atoms. The molecule has 0 spiro atoms. The maximum atomic E-state index is 7.37. The number of furan rings is 1. The SMILES string of the molecule is C=C/C=C\C=C(/C)c1nc(-c2ccccc2)nc(-c2ccccc2-n2c3ccccc3c3ccc4c5ccc6c7ccccc7n(-c7ccc(-c8ccccc8)cc7)c6c5oc4c32)n1. The van der Waals surface area contributed by atoms with Gasteiger partial charge in [0.2, 0.25) is 0 Å². The molecule has 302 valence electrons. The molecule has 4 heterocycles. The van der Waals surface area contributed by atoms with E-state index in [0.29, 0.717) is 17.5 Å². The minimum atomic E-state index is 0.576. The van der Waals surface area contributed by atoms with Crippen LogP contribution in [0.25, 0.3) is 116 Å². The number of fused-ring (bicyclic) bond motifs is 11. The molecule has 0 saturated carbocycles. The minimum Gasteiger partial charge on any atom is -0.452 e. The van der Waals surface area contributed by atoms with Gasteiger partial charge in [-0.2, -0.15) is 0 Å². The maximum Gasteiger partial charge on any atom is 0.166 e. The van der Waals surface area contributed by atoms with Gasteiger partial charge in [0.25, 0.3) is 0 Å². The van der Waals surface area contributed by atoms with Gasteiger partial charge >= 0.3 is 0 Å². The predicted octanol–water partition coefficient (Wildman–Crippen LogP) is 15.1. The van der Waals surface area contributed by atoms with Crippen LogP contribution in [-0.2, 0) is 0 Å². The van der Waals surface area contributed by atoms with Crippen molar-refractivity contribution in [1.82, 2.24) is 24.1 Å². The molecule has 0 saturated heterocycles. The lowest BCUT2D eigenvalue weighted by Crippen LogP contribution is -2.04. The average molecular weight is 822 g/mol. The largest absolute Gasteiger partial charge is 0.452 e. The zero-order chi connectivity index (χ0) is 42.7. The van der Waals surface area contributed by atoms with Crippen molar-refractivity contribution in [3.63, 3.8) is 0 Å². The van der Waals surface area contributed by atoms with Gasteiger partial charge in [0.05, 0.1) is 27.8 Å². The third-order valence-corrected chi connectivity index (χ3v) is 12.3. The maximum absolute atomic E-state index is 7.37. The molecule has 8 aromatic carbocycles. The molecule has 0 aliphatic heterocycles. The molecule has 0 atom stereocenters. The normalized spacial score (nSPS) is 12.2. The van der Waals surface area contributed by atoms with Crippen molar-refractivity contribution in [3.05, 3.63) is 219 Å². The van der Waals surface area contributed by atoms with E-state index in [1.54, 1.807) is 6.08 Å². The highest BCUT2D eigenvalue weighted by Crippen LogP contribution is 2.45. The highest BCUT2D eigenvalue weighted by molar-refractivity contribution is 6.26. The van der Waals surface area contributed by atoms with Crippen molar-refractivity contribution < 1.29 is 4.42 Å². The molecule has 0 amide bonds. The Morgan fingerprint density at radius 2 is 1.00 bits per heavy atom. The zero-order valence-corrected chi connectivity index (χ0v) is 35.0. The summed E-state index contributed by atoms with van der Waals surface area (Å²) in [7, 11) is 0. The minimum absolute atomic E-state index is 0.576. The van der Waals surface area contributed by atoms with E-state index in [4.69, 9.17) is 19.4 Å². The molecule has 12 aromatic rings. The lowest BCUT2D eigenvalue weighted by Gasteiger charge is -2.14. The van der Waals surface area contributed by atoms with Gasteiger partial charge in [0, 0.05) is 49.1 Å². The number of rotatable bonds is 8. The second-order valence-electron chi connectivity index (χ2n) is 16.1. The lowest BCUT2D eigenvalue weighted by atomic mass is 10.1. The first-order chi connectivity index (χ1) is 31.6. The fourth-order valence-electron chi connectivity index (χ4n) is 9.34. The summed E-state index contributed by atoms with van der Waals surface area (Å²) in [5, 5.41) is 6.64. The molecule has 0 fully saturated rings. The quantitative estimate of drug-likeness (QED) is 0.143. The highest BCUT2D eigenvalue weighted by atomic mass is 16.3. The molecule has 0 radical (unpaired) electrons. The predicted molar refractivity (Wildman–Crippen MR) is 265 cm³/mol. The monoisotopic (exact) mass is 821 g/mol. The van der Waals surface area contributed by atoms with Gasteiger partial charge in [0.15, 0.2) is 28.6 Å². The summed E-state index contributed by atoms with van der Waals surface area (Å²) in [6.45, 7) is 5.85. The Morgan fingerprint density at radius 3 is 1.67 bits per heavy atom. The molecular formula is C58H39N5O. The van der Waals surface area contributed by atoms with Crippen molar-refractivity contribution in [3.8, 4) is 45.3 Å². The van der Waals surface area contributed by atoms with Crippen LogP contribution in [0, 0.1) is 0 Å². The molecule has 0 aliphatic rings. The Kier molecular flexibility index (Phi) is 8.76. The molecule has 6 nitrogen and oxygen atoms in total. The Morgan fingerprint density at radius 1 is 0.469 bits per heavy atom. The van der Waals surface area contributed by atoms with E-state index in [1.165, 1.54) is 16.5 Å². The highest BCUT2D eigenvalue weighted by Gasteiger charge is 2.25. The average Bonchev–Trinajstić information content (AvgIpc) is 4.02. The number of benzene rings is 8. The summed E-state index contributed by atoms with van der Waals surface area (Å²) in [6, 6.07) is 64.0. The molecule has 0 N–H and O–H groups in total. The fraction of sp³-hybridized carbons (Fsp3) is 0.0172. The zero-order valence-electron chi connectivity index (χ0n) is 35.0. The van der Waals surface area contributed by atoms with Crippen molar-refractivity contribution >= 4 is 71.1 Å². The van der Waals surface area contributed by atoms with Gasteiger partial charge in [0.1, 0.15) is 0 Å². The van der Waals surface area contributed by atoms with Crippen molar-refractivity contribution in [2.75, 3.05) is 0 Å². The smallest absolute Gasteiger partial charge is 0.166 e. The molecule has 64 heavy (non-hydrogen) atoms. The third kappa shape index (κ3) is 5.92. The van der Waals surface area contributed by atoms with Gasteiger partial charge in [-0.25, -0.2) is 15.0 Å². The van der Waals surface area contributed by atoms with E-state index in [1.807, 2.05) is 61.5 Å². The van der Waals surface area contributed by atoms with E-state index in [0.717, 1.165) is 88.2 Å². The Labute approximate surface area is 369 Å². The van der Waals surface area contributed by atoms with Crippen LogP contribution in [0.1, 0.15) is 12.7 Å². The van der Waals surface area contributed by atoms with Crippen LogP contribution in [0.4, 0.5) is 0 Å². The van der Waals surface area contributed by atoms with Gasteiger partial charge in [-0.05, 0) is 72.2 Å². The molecule has 12 rings (SSSR count). The first-order valence-corrected chi connectivity index (χ1v) is 21.5. The van der Waals surface area contributed by atoms with Gasteiger partial charge < -0.3 is 13.6 Å². The standard InChI is InChI=1S/C58H39N5O/c1-3-4-7-18-37(2)56-59-57(40-21-10-6-11-22-40)61-58(60-56)48-25-14-17-28-51(48)63-50-27-16-13-24-43(50)45-34-36-47-46-35-33-44-42-23-12-15-26-49(42)62(52(44)54(46)64-55(47)53(45)63)41-31-29-39(30-32-41)38-19-8-5-9-20-38/h3-36H,1H2,2H3/b7-4-,37-18+. The van der Waals surface area contributed by atoms with Crippen molar-refractivity contribution in [2.45, 2.75) is 6.92 Å². The van der Waals surface area contributed by atoms with Crippen LogP contribution in [0.2, 0.25) is 0 Å². The van der Waals surface area contributed by atoms with Crippen LogP contribution in [0.15, 0.2) is 217 Å². The van der Waals surface area contributed by atoms with Crippen LogP contribution < -0.4 is 0 Å². The second-order valence-corrected chi connectivity index (χ2v) is 16.1. The van der Waals surface area contributed by atoms with Gasteiger partial charge in [-0.15, -0.1) is 0 Å². The first kappa shape index (κ1) is 37.2. The molecule has 0 aliphatic carbocycles. The molecule has 0 unspecified atom stereocenters. The number of hydrogen-bond acceptors (Lipinski definition) is 4. The van der Waals surface area contributed by atoms with Crippen LogP contribution in [0.3, 0.4) is 0 Å². The Balaban J connectivity index is 1.13. The van der Waals surface area contributed by atoms with E-state index in [9.17, 15) is 0 Å². The fourth-order valence-corrected chi connectivity index (χ4v) is 9.34. The second kappa shape index (κ2) is 15.1. The van der Waals surface area contributed by atoms with Crippen molar-refractivity contribution in [2.24, 2.45) is 0 Å². The number of para-hydroxylation sites is 3. The molecule has 6 heteroatoms. The van der Waals surface area contributed by atoms with Crippen LogP contribution in [-0.4, -0.2) is 24.1 Å². The molecular weight excluding hydrogens is 783 g/mol. The Bertz CT molecular complexity index is 3850. The molecule has 4 aromatic heterocycles. The first-order valence-electron chi connectivity index (χ1n) is 21.5. The van der Waals surface area contributed by atoms with E-state index < -0.39 is 0 Å². The lowest BCUT2D eigenvalue weighted by molar-refractivity contribution is 0.673. The third-order valence-electron chi connectivity index (χ3n) is 12.3. The van der Waals surface area contributed by atoms with E-state index >= 15 is 0 Å². The van der Waals surface area contributed by atoms with Crippen LogP contribution >= 0.6 is 0 Å². The summed E-state index contributed by atoms with van der Waals surface area (Å²) in [6.07, 6.45) is 7.61. The van der Waals surface area contributed by atoms with Crippen LogP contribution in [0.5, 0.6) is 0 Å². The van der Waals surface area contributed by atoms with E-state index in [-0.39, 0.29) is 0 Å². The number of nitrogens with zero attached hydrogens (tertiary/aromatic N) is 5.